The molecule has 0 aromatic carbocycles. The molecule has 106 valence electrons. The van der Waals surface area contributed by atoms with E-state index in [0.717, 1.165) is 18.8 Å². The minimum atomic E-state index is -0.114. The summed E-state index contributed by atoms with van der Waals surface area (Å²) >= 11 is 0. The van der Waals surface area contributed by atoms with Gasteiger partial charge < -0.3 is 15.3 Å². The van der Waals surface area contributed by atoms with Gasteiger partial charge in [-0.15, -0.1) is 0 Å². The topological polar surface area (TPSA) is 35.5 Å². The fraction of sp³-hybridized carbons (Fsp3) is 1.00. The molecule has 2 aliphatic rings. The van der Waals surface area contributed by atoms with Crippen molar-refractivity contribution >= 4 is 0 Å². The van der Waals surface area contributed by atoms with Crippen LogP contribution < -0.4 is 5.32 Å². The third-order valence-corrected chi connectivity index (χ3v) is 4.99. The van der Waals surface area contributed by atoms with Crippen molar-refractivity contribution in [1.29, 1.82) is 0 Å². The van der Waals surface area contributed by atoms with Gasteiger partial charge in [0.05, 0.1) is 6.10 Å². The summed E-state index contributed by atoms with van der Waals surface area (Å²) < 4.78 is 0. The SMILES string of the molecule is CCN1CCC(C(C)NC2CCCCC2O)CC1. The van der Waals surface area contributed by atoms with Crippen LogP contribution in [0.5, 0.6) is 0 Å². The molecule has 0 radical (unpaired) electrons. The molecular formula is C15H30N2O. The van der Waals surface area contributed by atoms with Crippen LogP contribution in [0.2, 0.25) is 0 Å². The average molecular weight is 254 g/mol. The molecule has 3 nitrogen and oxygen atoms in total. The lowest BCUT2D eigenvalue weighted by molar-refractivity contribution is 0.0749. The number of piperidine rings is 1. The predicted octanol–water partition coefficient (Wildman–Crippen LogP) is 2.00. The highest BCUT2D eigenvalue weighted by Gasteiger charge is 2.28. The summed E-state index contributed by atoms with van der Waals surface area (Å²) in [7, 11) is 0. The van der Waals surface area contributed by atoms with Gasteiger partial charge in [-0.05, 0) is 58.2 Å². The number of likely N-dealkylation sites (tertiary alicyclic amines) is 1. The summed E-state index contributed by atoms with van der Waals surface area (Å²) in [4.78, 5) is 2.54. The average Bonchev–Trinajstić information content (AvgIpc) is 2.41. The predicted molar refractivity (Wildman–Crippen MR) is 75.7 cm³/mol. The van der Waals surface area contributed by atoms with Crippen LogP contribution in [0.25, 0.3) is 0 Å². The van der Waals surface area contributed by atoms with Crippen molar-refractivity contribution in [3.05, 3.63) is 0 Å². The molecule has 3 atom stereocenters. The van der Waals surface area contributed by atoms with E-state index in [1.165, 1.54) is 45.3 Å². The van der Waals surface area contributed by atoms with Gasteiger partial charge in [0.15, 0.2) is 0 Å². The zero-order chi connectivity index (χ0) is 13.0. The number of nitrogens with one attached hydrogen (secondary N) is 1. The van der Waals surface area contributed by atoms with Crippen molar-refractivity contribution < 1.29 is 5.11 Å². The summed E-state index contributed by atoms with van der Waals surface area (Å²) in [6.07, 6.45) is 7.11. The fourth-order valence-electron chi connectivity index (χ4n) is 3.55. The van der Waals surface area contributed by atoms with Crippen LogP contribution in [0.4, 0.5) is 0 Å². The van der Waals surface area contributed by atoms with E-state index < -0.39 is 0 Å². The van der Waals surface area contributed by atoms with Crippen molar-refractivity contribution in [2.24, 2.45) is 5.92 Å². The zero-order valence-corrected chi connectivity index (χ0v) is 12.1. The fourth-order valence-corrected chi connectivity index (χ4v) is 3.55. The summed E-state index contributed by atoms with van der Waals surface area (Å²) in [5.74, 6) is 0.793. The van der Waals surface area contributed by atoms with Gasteiger partial charge in [0, 0.05) is 12.1 Å². The van der Waals surface area contributed by atoms with Crippen molar-refractivity contribution in [1.82, 2.24) is 10.2 Å². The molecule has 0 aromatic rings. The van der Waals surface area contributed by atoms with E-state index in [1.807, 2.05) is 0 Å². The smallest absolute Gasteiger partial charge is 0.0693 e. The van der Waals surface area contributed by atoms with Gasteiger partial charge in [-0.3, -0.25) is 0 Å². The molecular weight excluding hydrogens is 224 g/mol. The van der Waals surface area contributed by atoms with Crippen molar-refractivity contribution in [2.45, 2.75) is 70.6 Å². The van der Waals surface area contributed by atoms with Crippen LogP contribution in [0.1, 0.15) is 52.4 Å². The Morgan fingerprint density at radius 2 is 1.83 bits per heavy atom. The van der Waals surface area contributed by atoms with E-state index in [2.05, 4.69) is 24.1 Å². The number of nitrogens with zero attached hydrogens (tertiary/aromatic N) is 1. The number of hydrogen-bond donors (Lipinski definition) is 2. The Morgan fingerprint density at radius 1 is 1.17 bits per heavy atom. The highest BCUT2D eigenvalue weighted by atomic mass is 16.3. The van der Waals surface area contributed by atoms with Gasteiger partial charge in [0.2, 0.25) is 0 Å². The van der Waals surface area contributed by atoms with Gasteiger partial charge in [-0.1, -0.05) is 19.8 Å². The van der Waals surface area contributed by atoms with Gasteiger partial charge >= 0.3 is 0 Å². The summed E-state index contributed by atoms with van der Waals surface area (Å²) in [6, 6.07) is 0.903. The third-order valence-electron chi connectivity index (χ3n) is 4.99. The van der Waals surface area contributed by atoms with Crippen LogP contribution in [-0.4, -0.2) is 47.8 Å². The van der Waals surface area contributed by atoms with Crippen LogP contribution >= 0.6 is 0 Å². The van der Waals surface area contributed by atoms with E-state index in [4.69, 9.17) is 0 Å². The maximum absolute atomic E-state index is 10.0. The van der Waals surface area contributed by atoms with Crippen molar-refractivity contribution in [3.63, 3.8) is 0 Å². The van der Waals surface area contributed by atoms with E-state index >= 15 is 0 Å². The summed E-state index contributed by atoms with van der Waals surface area (Å²) in [6.45, 7) is 8.25. The van der Waals surface area contributed by atoms with Crippen LogP contribution in [0.3, 0.4) is 0 Å². The first-order valence-electron chi connectivity index (χ1n) is 7.87. The Labute approximate surface area is 112 Å². The number of aliphatic hydroxyl groups excluding tert-OH is 1. The highest BCUT2D eigenvalue weighted by Crippen LogP contribution is 2.24. The van der Waals surface area contributed by atoms with Gasteiger partial charge in [-0.25, -0.2) is 0 Å². The second-order valence-corrected chi connectivity index (χ2v) is 6.19. The minimum Gasteiger partial charge on any atom is -0.392 e. The lowest BCUT2D eigenvalue weighted by atomic mass is 9.87. The molecule has 0 aromatic heterocycles. The lowest BCUT2D eigenvalue weighted by Crippen LogP contribution is -2.50. The van der Waals surface area contributed by atoms with E-state index in [9.17, 15) is 5.11 Å². The molecule has 0 amide bonds. The molecule has 3 heteroatoms. The lowest BCUT2D eigenvalue weighted by Gasteiger charge is -2.38. The van der Waals surface area contributed by atoms with Gasteiger partial charge in [-0.2, -0.15) is 0 Å². The molecule has 1 aliphatic heterocycles. The molecule has 2 rings (SSSR count). The van der Waals surface area contributed by atoms with E-state index in [1.54, 1.807) is 0 Å². The monoisotopic (exact) mass is 254 g/mol. The van der Waals surface area contributed by atoms with Crippen molar-refractivity contribution in [3.8, 4) is 0 Å². The Kier molecular flexibility index (Phi) is 5.46. The van der Waals surface area contributed by atoms with Gasteiger partial charge in [0.1, 0.15) is 0 Å². The molecule has 1 saturated heterocycles. The zero-order valence-electron chi connectivity index (χ0n) is 12.1. The largest absolute Gasteiger partial charge is 0.392 e. The van der Waals surface area contributed by atoms with Crippen LogP contribution in [-0.2, 0) is 0 Å². The first kappa shape index (κ1) is 14.3. The Balaban J connectivity index is 1.75. The quantitative estimate of drug-likeness (QED) is 0.805. The number of rotatable bonds is 4. The second-order valence-electron chi connectivity index (χ2n) is 6.19. The Morgan fingerprint density at radius 3 is 2.44 bits per heavy atom. The summed E-state index contributed by atoms with van der Waals surface area (Å²) in [5.41, 5.74) is 0. The number of aliphatic hydroxyl groups is 1. The first-order valence-corrected chi connectivity index (χ1v) is 7.87. The van der Waals surface area contributed by atoms with Crippen LogP contribution in [0, 0.1) is 5.92 Å². The van der Waals surface area contributed by atoms with Crippen LogP contribution in [0.15, 0.2) is 0 Å². The molecule has 1 saturated carbocycles. The standard InChI is InChI=1S/C15H30N2O/c1-3-17-10-8-13(9-11-17)12(2)16-14-6-4-5-7-15(14)18/h12-16,18H,3-11H2,1-2H3. The first-order chi connectivity index (χ1) is 8.70. The number of hydrogen-bond acceptors (Lipinski definition) is 3. The summed E-state index contributed by atoms with van der Waals surface area (Å²) in [5, 5.41) is 13.7. The molecule has 2 fully saturated rings. The maximum atomic E-state index is 10.0. The maximum Gasteiger partial charge on any atom is 0.0693 e. The Hall–Kier alpha value is -0.120. The van der Waals surface area contributed by atoms with E-state index in [0.29, 0.717) is 12.1 Å². The molecule has 2 N–H and O–H groups in total. The van der Waals surface area contributed by atoms with E-state index in [-0.39, 0.29) is 6.10 Å². The molecule has 0 bridgehead atoms. The Bertz CT molecular complexity index is 239. The molecule has 18 heavy (non-hydrogen) atoms. The molecule has 1 heterocycles. The minimum absolute atomic E-state index is 0.114. The molecule has 3 unspecified atom stereocenters. The second kappa shape index (κ2) is 6.88. The third kappa shape index (κ3) is 3.69. The molecule has 0 spiro atoms. The van der Waals surface area contributed by atoms with Crippen molar-refractivity contribution in [2.75, 3.05) is 19.6 Å². The van der Waals surface area contributed by atoms with Gasteiger partial charge in [0.25, 0.3) is 0 Å². The normalized spacial score (nSPS) is 33.5. The highest BCUT2D eigenvalue weighted by molar-refractivity contribution is 4.86. The molecule has 1 aliphatic carbocycles.